The maximum atomic E-state index is 12.5. The van der Waals surface area contributed by atoms with Crippen LogP contribution in [-0.2, 0) is 14.3 Å². The minimum Gasteiger partial charge on any atom is -0.494 e. The standard InChI is InChI=1S/C20H21N3O4S/c1-3-9-27-17(24)12-28-20-15(11-22)18(14(10-21)19(25)23-20)13-7-5-6-8-16(13)26-4-2/h5-8,14,18H,3-4,9,12H2,1-2H3,(H,23,25)/t14-,18-/m1/s1. The summed E-state index contributed by atoms with van der Waals surface area (Å²) in [6, 6.07) is 11.1. The molecule has 1 aliphatic heterocycles. The van der Waals surface area contributed by atoms with Gasteiger partial charge in [-0.15, -0.1) is 0 Å². The Balaban J connectivity index is 2.43. The highest BCUT2D eigenvalue weighted by Crippen LogP contribution is 2.42. The van der Waals surface area contributed by atoms with Gasteiger partial charge in [-0.25, -0.2) is 0 Å². The van der Waals surface area contributed by atoms with E-state index < -0.39 is 23.7 Å². The second kappa shape index (κ2) is 10.4. The van der Waals surface area contributed by atoms with Crippen molar-refractivity contribution in [3.8, 4) is 17.9 Å². The van der Waals surface area contributed by atoms with Crippen molar-refractivity contribution in [3.05, 3.63) is 40.4 Å². The number of thioether (sulfide) groups is 1. The van der Waals surface area contributed by atoms with E-state index in [4.69, 9.17) is 9.47 Å². The highest BCUT2D eigenvalue weighted by atomic mass is 32.2. The number of hydrogen-bond donors (Lipinski definition) is 1. The zero-order valence-corrected chi connectivity index (χ0v) is 16.5. The molecule has 0 aliphatic carbocycles. The predicted octanol–water partition coefficient (Wildman–Crippen LogP) is 2.86. The third-order valence-corrected chi connectivity index (χ3v) is 5.01. The molecule has 28 heavy (non-hydrogen) atoms. The maximum Gasteiger partial charge on any atom is 0.316 e. The molecule has 0 bridgehead atoms. The lowest BCUT2D eigenvalue weighted by Crippen LogP contribution is -2.39. The summed E-state index contributed by atoms with van der Waals surface area (Å²) in [4.78, 5) is 24.3. The number of carbonyl (C=O) groups is 2. The second-order valence-electron chi connectivity index (χ2n) is 5.91. The molecule has 0 radical (unpaired) electrons. The Morgan fingerprint density at radius 3 is 2.68 bits per heavy atom. The summed E-state index contributed by atoms with van der Waals surface area (Å²) in [5, 5.41) is 22.2. The van der Waals surface area contributed by atoms with E-state index in [0.717, 1.165) is 11.8 Å². The first-order valence-electron chi connectivity index (χ1n) is 8.92. The minimum absolute atomic E-state index is 0.0438. The van der Waals surface area contributed by atoms with Gasteiger partial charge in [0.05, 0.1) is 47.6 Å². The first-order chi connectivity index (χ1) is 13.6. The van der Waals surface area contributed by atoms with Crippen molar-refractivity contribution in [2.45, 2.75) is 26.2 Å². The summed E-state index contributed by atoms with van der Waals surface area (Å²) in [6.45, 7) is 4.44. The number of allylic oxidation sites excluding steroid dienone is 1. The van der Waals surface area contributed by atoms with Gasteiger partial charge in [-0.3, -0.25) is 9.59 Å². The Hall–Kier alpha value is -2.97. The molecular weight excluding hydrogens is 378 g/mol. The lowest BCUT2D eigenvalue weighted by atomic mass is 9.79. The lowest BCUT2D eigenvalue weighted by molar-refractivity contribution is -0.140. The van der Waals surface area contributed by atoms with Crippen LogP contribution >= 0.6 is 11.8 Å². The van der Waals surface area contributed by atoms with Gasteiger partial charge < -0.3 is 14.8 Å². The van der Waals surface area contributed by atoms with Gasteiger partial charge in [0.2, 0.25) is 5.91 Å². The summed E-state index contributed by atoms with van der Waals surface area (Å²) >= 11 is 1.02. The van der Waals surface area contributed by atoms with Gasteiger partial charge in [-0.05, 0) is 19.4 Å². The van der Waals surface area contributed by atoms with E-state index in [1.54, 1.807) is 24.3 Å². The van der Waals surface area contributed by atoms with E-state index in [0.29, 0.717) is 30.9 Å². The summed E-state index contributed by atoms with van der Waals surface area (Å²) in [5.41, 5.74) is 0.820. The molecule has 0 saturated carbocycles. The van der Waals surface area contributed by atoms with E-state index in [1.807, 2.05) is 19.9 Å². The number of carbonyl (C=O) groups excluding carboxylic acids is 2. The van der Waals surface area contributed by atoms with Gasteiger partial charge >= 0.3 is 5.97 Å². The maximum absolute atomic E-state index is 12.5. The van der Waals surface area contributed by atoms with Gasteiger partial charge in [0.1, 0.15) is 11.7 Å². The monoisotopic (exact) mass is 399 g/mol. The Morgan fingerprint density at radius 1 is 1.29 bits per heavy atom. The molecule has 1 aromatic rings. The topological polar surface area (TPSA) is 112 Å². The number of nitrogens with one attached hydrogen (secondary N) is 1. The van der Waals surface area contributed by atoms with Crippen molar-refractivity contribution in [3.63, 3.8) is 0 Å². The van der Waals surface area contributed by atoms with Gasteiger partial charge in [0.25, 0.3) is 0 Å². The SMILES string of the molecule is CCCOC(=O)CSC1=C(C#N)[C@H](c2ccccc2OCC)[C@@H](C#N)C(=O)N1. The fourth-order valence-electron chi connectivity index (χ4n) is 2.83. The van der Waals surface area contributed by atoms with Crippen LogP contribution < -0.4 is 10.1 Å². The third-order valence-electron chi connectivity index (χ3n) is 4.02. The normalized spacial score (nSPS) is 18.6. The molecule has 1 N–H and O–H groups in total. The molecule has 8 heteroatoms. The van der Waals surface area contributed by atoms with Crippen LogP contribution in [0.5, 0.6) is 5.75 Å². The van der Waals surface area contributed by atoms with Crippen molar-refractivity contribution in [1.82, 2.24) is 5.32 Å². The van der Waals surface area contributed by atoms with Crippen LogP contribution in [0.25, 0.3) is 0 Å². The first kappa shape index (κ1) is 21.3. The van der Waals surface area contributed by atoms with E-state index in [1.165, 1.54) is 0 Å². The molecule has 0 spiro atoms. The van der Waals surface area contributed by atoms with Crippen molar-refractivity contribution < 1.29 is 19.1 Å². The van der Waals surface area contributed by atoms with Crippen LogP contribution in [0.4, 0.5) is 0 Å². The highest BCUT2D eigenvalue weighted by molar-refractivity contribution is 8.03. The molecule has 1 aliphatic rings. The Labute approximate surface area is 168 Å². The van der Waals surface area contributed by atoms with Crippen LogP contribution in [0.2, 0.25) is 0 Å². The molecule has 1 heterocycles. The average molecular weight is 399 g/mol. The Kier molecular flexibility index (Phi) is 7.91. The molecule has 2 atom stereocenters. The van der Waals surface area contributed by atoms with E-state index >= 15 is 0 Å². The zero-order chi connectivity index (χ0) is 20.5. The van der Waals surface area contributed by atoms with Crippen molar-refractivity contribution in [2.75, 3.05) is 19.0 Å². The molecule has 0 fully saturated rings. The number of rotatable bonds is 8. The zero-order valence-electron chi connectivity index (χ0n) is 15.7. The fraction of sp³-hybridized carbons (Fsp3) is 0.400. The smallest absolute Gasteiger partial charge is 0.316 e. The summed E-state index contributed by atoms with van der Waals surface area (Å²) in [6.07, 6.45) is 0.708. The molecule has 0 unspecified atom stereocenters. The van der Waals surface area contributed by atoms with E-state index in [-0.39, 0.29) is 16.4 Å². The summed E-state index contributed by atoms with van der Waals surface area (Å²) in [7, 11) is 0. The number of nitriles is 2. The minimum atomic E-state index is -1.08. The van der Waals surface area contributed by atoms with Crippen molar-refractivity contribution in [1.29, 1.82) is 10.5 Å². The average Bonchev–Trinajstić information content (AvgIpc) is 2.70. The number of amides is 1. The number of ether oxygens (including phenoxy) is 2. The molecule has 0 saturated heterocycles. The summed E-state index contributed by atoms with van der Waals surface area (Å²) < 4.78 is 10.7. The van der Waals surface area contributed by atoms with Gasteiger partial charge in [-0.1, -0.05) is 36.9 Å². The molecular formula is C20H21N3O4S. The molecule has 7 nitrogen and oxygen atoms in total. The number of para-hydroxylation sites is 1. The van der Waals surface area contributed by atoms with Crippen LogP contribution in [0, 0.1) is 28.6 Å². The number of esters is 1. The van der Waals surface area contributed by atoms with Gasteiger partial charge in [-0.2, -0.15) is 10.5 Å². The largest absolute Gasteiger partial charge is 0.494 e. The Bertz CT molecular complexity index is 854. The summed E-state index contributed by atoms with van der Waals surface area (Å²) in [5.74, 6) is -2.32. The molecule has 1 aromatic carbocycles. The molecule has 2 rings (SSSR count). The number of nitrogens with zero attached hydrogens (tertiary/aromatic N) is 2. The van der Waals surface area contributed by atoms with Crippen LogP contribution in [0.15, 0.2) is 34.9 Å². The van der Waals surface area contributed by atoms with Crippen molar-refractivity contribution in [2.24, 2.45) is 5.92 Å². The molecule has 1 amide bonds. The van der Waals surface area contributed by atoms with Crippen LogP contribution in [0.1, 0.15) is 31.7 Å². The number of benzene rings is 1. The van der Waals surface area contributed by atoms with Gasteiger partial charge in [0, 0.05) is 5.56 Å². The first-order valence-corrected chi connectivity index (χ1v) is 9.90. The van der Waals surface area contributed by atoms with Crippen LogP contribution in [-0.4, -0.2) is 30.8 Å². The number of hydrogen-bond acceptors (Lipinski definition) is 7. The molecule has 146 valence electrons. The van der Waals surface area contributed by atoms with E-state index in [9.17, 15) is 20.1 Å². The lowest BCUT2D eigenvalue weighted by Gasteiger charge is -2.29. The van der Waals surface area contributed by atoms with Crippen LogP contribution in [0.3, 0.4) is 0 Å². The third kappa shape index (κ3) is 4.85. The highest BCUT2D eigenvalue weighted by Gasteiger charge is 2.40. The van der Waals surface area contributed by atoms with E-state index in [2.05, 4.69) is 11.4 Å². The predicted molar refractivity (Wildman–Crippen MR) is 104 cm³/mol. The molecule has 0 aromatic heterocycles. The fourth-order valence-corrected chi connectivity index (χ4v) is 3.68. The quantitative estimate of drug-likeness (QED) is 0.669. The Morgan fingerprint density at radius 2 is 2.04 bits per heavy atom. The second-order valence-corrected chi connectivity index (χ2v) is 6.89. The van der Waals surface area contributed by atoms with Gasteiger partial charge in [0.15, 0.2) is 0 Å². The van der Waals surface area contributed by atoms with Crippen molar-refractivity contribution >= 4 is 23.6 Å².